The third-order valence-corrected chi connectivity index (χ3v) is 3.46. The van der Waals surface area contributed by atoms with E-state index < -0.39 is 0 Å². The van der Waals surface area contributed by atoms with Crippen molar-refractivity contribution in [2.24, 2.45) is 0 Å². The van der Waals surface area contributed by atoms with E-state index in [0.29, 0.717) is 11.6 Å². The number of nitrogens with zero attached hydrogens (tertiary/aromatic N) is 2. The molecule has 0 amide bonds. The van der Waals surface area contributed by atoms with Crippen LogP contribution in [0.25, 0.3) is 0 Å². The number of fused-ring (bicyclic) bond motifs is 1. The van der Waals surface area contributed by atoms with E-state index in [2.05, 4.69) is 21.4 Å². The highest BCUT2D eigenvalue weighted by molar-refractivity contribution is 6.30. The van der Waals surface area contributed by atoms with E-state index in [4.69, 9.17) is 17.3 Å². The van der Waals surface area contributed by atoms with Gasteiger partial charge in [0.25, 0.3) is 0 Å². The molecule has 0 fully saturated rings. The van der Waals surface area contributed by atoms with E-state index in [1.165, 1.54) is 11.1 Å². The molecule has 1 aliphatic rings. The molecule has 1 heterocycles. The van der Waals surface area contributed by atoms with Gasteiger partial charge >= 0.3 is 0 Å². The van der Waals surface area contributed by atoms with Crippen LogP contribution >= 0.6 is 11.6 Å². The van der Waals surface area contributed by atoms with Crippen LogP contribution in [0.2, 0.25) is 5.02 Å². The minimum absolute atomic E-state index is 0.233. The zero-order chi connectivity index (χ0) is 12.5. The van der Waals surface area contributed by atoms with Crippen molar-refractivity contribution in [3.8, 4) is 0 Å². The molecule has 18 heavy (non-hydrogen) atoms. The Hall–Kier alpha value is -1.81. The molecule has 0 spiro atoms. The number of hydrogen-bond acceptors (Lipinski definition) is 4. The third kappa shape index (κ3) is 1.99. The highest BCUT2D eigenvalue weighted by atomic mass is 35.5. The van der Waals surface area contributed by atoms with Gasteiger partial charge in [-0.1, -0.05) is 17.7 Å². The predicted octanol–water partition coefficient (Wildman–Crippen LogP) is 2.81. The Morgan fingerprint density at radius 2 is 2.11 bits per heavy atom. The molecule has 1 aromatic heterocycles. The Morgan fingerprint density at radius 3 is 2.94 bits per heavy atom. The maximum atomic E-state index is 5.99. The topological polar surface area (TPSA) is 63.8 Å². The van der Waals surface area contributed by atoms with Crippen LogP contribution in [-0.4, -0.2) is 9.97 Å². The molecule has 0 bridgehead atoms. The zero-order valence-corrected chi connectivity index (χ0v) is 10.5. The van der Waals surface area contributed by atoms with Gasteiger partial charge < -0.3 is 11.1 Å². The van der Waals surface area contributed by atoms with Crippen molar-refractivity contribution in [2.75, 3.05) is 11.1 Å². The second-order valence-corrected chi connectivity index (χ2v) is 4.81. The molecule has 3 N–H and O–H groups in total. The molecule has 4 nitrogen and oxygen atoms in total. The lowest BCUT2D eigenvalue weighted by atomic mass is 10.1. The summed E-state index contributed by atoms with van der Waals surface area (Å²) >= 11 is 5.99. The van der Waals surface area contributed by atoms with E-state index in [9.17, 15) is 0 Å². The van der Waals surface area contributed by atoms with Gasteiger partial charge in [-0.15, -0.1) is 0 Å². The fourth-order valence-corrected chi connectivity index (χ4v) is 2.56. The summed E-state index contributed by atoms with van der Waals surface area (Å²) in [6, 6.07) is 6.24. The number of rotatable bonds is 2. The molecule has 0 unspecified atom stereocenters. The van der Waals surface area contributed by atoms with Crippen LogP contribution in [0.3, 0.4) is 0 Å². The minimum Gasteiger partial charge on any atom is -0.381 e. The smallest absolute Gasteiger partial charge is 0.169 e. The summed E-state index contributed by atoms with van der Waals surface area (Å²) in [6.07, 6.45) is 5.26. The van der Waals surface area contributed by atoms with E-state index in [1.54, 1.807) is 12.4 Å². The monoisotopic (exact) mass is 260 g/mol. The second kappa shape index (κ2) is 4.46. The first-order chi connectivity index (χ1) is 8.74. The maximum Gasteiger partial charge on any atom is 0.169 e. The lowest BCUT2D eigenvalue weighted by molar-refractivity contribution is 0.757. The molecular formula is C13H13ClN4. The maximum absolute atomic E-state index is 5.99. The highest BCUT2D eigenvalue weighted by Gasteiger charge is 2.23. The summed E-state index contributed by atoms with van der Waals surface area (Å²) in [7, 11) is 0. The van der Waals surface area contributed by atoms with Crippen molar-refractivity contribution in [1.82, 2.24) is 9.97 Å². The number of nitrogens with one attached hydrogen (secondary N) is 1. The van der Waals surface area contributed by atoms with Crippen LogP contribution in [-0.2, 0) is 6.42 Å². The number of aryl methyl sites for hydroxylation is 1. The van der Waals surface area contributed by atoms with Gasteiger partial charge in [-0.3, -0.25) is 0 Å². The van der Waals surface area contributed by atoms with Gasteiger partial charge in [0.15, 0.2) is 11.6 Å². The number of anilines is 2. The molecule has 0 saturated heterocycles. The first kappa shape index (κ1) is 11.3. The Bertz CT molecular complexity index is 585. The minimum atomic E-state index is 0.233. The van der Waals surface area contributed by atoms with Gasteiger partial charge in [0.1, 0.15) is 0 Å². The van der Waals surface area contributed by atoms with Crippen molar-refractivity contribution < 1.29 is 0 Å². The van der Waals surface area contributed by atoms with Crippen molar-refractivity contribution in [1.29, 1.82) is 0 Å². The standard InChI is InChI=1S/C13H13ClN4/c14-9-2-3-10-8(7-9)1-4-11(10)18-13-12(15)16-5-6-17-13/h2-3,5-7,11H,1,4H2,(H2,15,16)(H,17,18)/t11-/m1/s1. The molecular weight excluding hydrogens is 248 g/mol. The first-order valence-corrected chi connectivity index (χ1v) is 6.23. The fourth-order valence-electron chi connectivity index (χ4n) is 2.36. The molecule has 1 atom stereocenters. The van der Waals surface area contributed by atoms with Crippen LogP contribution in [0.15, 0.2) is 30.6 Å². The van der Waals surface area contributed by atoms with Crippen molar-refractivity contribution >= 4 is 23.2 Å². The molecule has 0 aliphatic heterocycles. The van der Waals surface area contributed by atoms with Crippen LogP contribution in [0.5, 0.6) is 0 Å². The van der Waals surface area contributed by atoms with E-state index in [1.807, 2.05) is 12.1 Å². The first-order valence-electron chi connectivity index (χ1n) is 5.85. The summed E-state index contributed by atoms with van der Waals surface area (Å²) < 4.78 is 0. The average molecular weight is 261 g/mol. The summed E-state index contributed by atoms with van der Waals surface area (Å²) in [6.45, 7) is 0. The number of aromatic nitrogens is 2. The quantitative estimate of drug-likeness (QED) is 0.872. The Kier molecular flexibility index (Phi) is 2.80. The predicted molar refractivity (Wildman–Crippen MR) is 72.6 cm³/mol. The number of benzene rings is 1. The fraction of sp³-hybridized carbons (Fsp3) is 0.231. The number of halogens is 1. The van der Waals surface area contributed by atoms with E-state index in [0.717, 1.165) is 17.9 Å². The molecule has 2 aromatic rings. The van der Waals surface area contributed by atoms with E-state index >= 15 is 0 Å². The van der Waals surface area contributed by atoms with Crippen molar-refractivity contribution in [3.05, 3.63) is 46.7 Å². The molecule has 1 aromatic carbocycles. The summed E-state index contributed by atoms with van der Waals surface area (Å²) in [5.74, 6) is 1.07. The second-order valence-electron chi connectivity index (χ2n) is 4.37. The Balaban J connectivity index is 1.87. The van der Waals surface area contributed by atoms with Crippen molar-refractivity contribution in [2.45, 2.75) is 18.9 Å². The third-order valence-electron chi connectivity index (χ3n) is 3.22. The van der Waals surface area contributed by atoms with Gasteiger partial charge in [-0.05, 0) is 36.1 Å². The van der Waals surface area contributed by atoms with Gasteiger partial charge in [-0.2, -0.15) is 0 Å². The van der Waals surface area contributed by atoms with Crippen molar-refractivity contribution in [3.63, 3.8) is 0 Å². The lowest BCUT2D eigenvalue weighted by Gasteiger charge is -2.15. The number of nitrogen functional groups attached to an aromatic ring is 1. The van der Waals surface area contributed by atoms with Gasteiger partial charge in [0.2, 0.25) is 0 Å². The van der Waals surface area contributed by atoms with Crippen LogP contribution in [0.1, 0.15) is 23.6 Å². The lowest BCUT2D eigenvalue weighted by Crippen LogP contribution is -2.10. The largest absolute Gasteiger partial charge is 0.381 e. The molecule has 3 rings (SSSR count). The zero-order valence-electron chi connectivity index (χ0n) is 9.73. The van der Waals surface area contributed by atoms with Crippen LogP contribution in [0, 0.1) is 0 Å². The van der Waals surface area contributed by atoms with Gasteiger partial charge in [-0.25, -0.2) is 9.97 Å². The molecule has 5 heteroatoms. The summed E-state index contributed by atoms with van der Waals surface area (Å²) in [5.41, 5.74) is 8.35. The highest BCUT2D eigenvalue weighted by Crippen LogP contribution is 2.35. The van der Waals surface area contributed by atoms with Gasteiger partial charge in [0.05, 0.1) is 6.04 Å². The molecule has 1 aliphatic carbocycles. The summed E-state index contributed by atoms with van der Waals surface area (Å²) in [5, 5.41) is 4.13. The Labute approximate surface area is 110 Å². The number of hydrogen-bond donors (Lipinski definition) is 2. The SMILES string of the molecule is Nc1nccnc1N[C@@H]1CCc2cc(Cl)ccc21. The molecule has 92 valence electrons. The van der Waals surface area contributed by atoms with Gasteiger partial charge in [0, 0.05) is 17.4 Å². The van der Waals surface area contributed by atoms with Crippen LogP contribution < -0.4 is 11.1 Å². The molecule has 0 radical (unpaired) electrons. The number of nitrogens with two attached hydrogens (primary N) is 1. The molecule has 0 saturated carbocycles. The summed E-state index contributed by atoms with van der Waals surface area (Å²) in [4.78, 5) is 8.23. The average Bonchev–Trinajstić information content (AvgIpc) is 2.74. The normalized spacial score (nSPS) is 17.5. The van der Waals surface area contributed by atoms with E-state index in [-0.39, 0.29) is 6.04 Å². The Morgan fingerprint density at radius 1 is 1.28 bits per heavy atom. The van der Waals surface area contributed by atoms with Crippen LogP contribution in [0.4, 0.5) is 11.6 Å².